The number of para-hydroxylation sites is 1. The number of fused-ring (bicyclic) bond motifs is 1. The van der Waals surface area contributed by atoms with Gasteiger partial charge in [0.05, 0.1) is 17.4 Å². The molecule has 0 saturated carbocycles. The smallest absolute Gasteiger partial charge is 0.286 e. The summed E-state index contributed by atoms with van der Waals surface area (Å²) in [5.41, 5.74) is 1.67. The topological polar surface area (TPSA) is 109 Å². The molecule has 3 amide bonds. The lowest BCUT2D eigenvalue weighted by molar-refractivity contribution is -0.119. The molecule has 3 aromatic rings. The van der Waals surface area contributed by atoms with Crippen molar-refractivity contribution in [2.24, 2.45) is 0 Å². The highest BCUT2D eigenvalue weighted by atomic mass is 32.2. The highest BCUT2D eigenvalue weighted by molar-refractivity contribution is 8.15. The van der Waals surface area contributed by atoms with E-state index in [4.69, 9.17) is 4.42 Å². The molecule has 0 radical (unpaired) electrons. The Morgan fingerprint density at radius 2 is 2.00 bits per heavy atom. The molecule has 4 rings (SSSR count). The van der Waals surface area contributed by atoms with Gasteiger partial charge in [-0.1, -0.05) is 36.0 Å². The normalized spacial score (nSPS) is 16.4. The van der Waals surface area contributed by atoms with Crippen LogP contribution in [-0.2, 0) is 22.4 Å². The zero-order valence-electron chi connectivity index (χ0n) is 14.6. The van der Waals surface area contributed by atoms with Gasteiger partial charge in [0.2, 0.25) is 11.8 Å². The molecule has 1 unspecified atom stereocenters. The third-order valence-corrected chi connectivity index (χ3v) is 5.32. The van der Waals surface area contributed by atoms with E-state index in [9.17, 15) is 19.5 Å². The Hall–Kier alpha value is -3.26. The molecule has 8 heteroatoms. The first-order chi connectivity index (χ1) is 13.5. The van der Waals surface area contributed by atoms with Crippen molar-refractivity contribution in [3.63, 3.8) is 0 Å². The van der Waals surface area contributed by atoms with Crippen molar-refractivity contribution in [3.05, 3.63) is 59.9 Å². The van der Waals surface area contributed by atoms with Crippen molar-refractivity contribution in [2.75, 3.05) is 5.32 Å². The molecule has 0 aliphatic carbocycles. The highest BCUT2D eigenvalue weighted by Gasteiger charge is 2.31. The number of carbonyl (C=O) groups excluding carboxylic acids is 3. The molecule has 2 heterocycles. The molecule has 1 aliphatic rings. The van der Waals surface area contributed by atoms with Gasteiger partial charge in [-0.05, 0) is 36.2 Å². The Bertz CT molecular complexity index is 1060. The Morgan fingerprint density at radius 1 is 1.18 bits per heavy atom. The number of phenolic OH excluding ortho intramolecular Hbond substituents is 1. The van der Waals surface area contributed by atoms with Gasteiger partial charge < -0.3 is 14.8 Å². The van der Waals surface area contributed by atoms with Crippen molar-refractivity contribution in [3.8, 4) is 5.75 Å². The van der Waals surface area contributed by atoms with Gasteiger partial charge in [-0.2, -0.15) is 0 Å². The zero-order chi connectivity index (χ0) is 19.7. The van der Waals surface area contributed by atoms with Gasteiger partial charge in [-0.25, -0.2) is 0 Å². The van der Waals surface area contributed by atoms with Crippen molar-refractivity contribution in [1.29, 1.82) is 0 Å². The van der Waals surface area contributed by atoms with Crippen molar-refractivity contribution in [1.82, 2.24) is 5.32 Å². The quantitative estimate of drug-likeness (QED) is 0.572. The summed E-state index contributed by atoms with van der Waals surface area (Å²) in [4.78, 5) is 35.4. The number of aromatic hydroxyl groups is 1. The fourth-order valence-corrected chi connectivity index (χ4v) is 3.89. The number of phenols is 1. The third kappa shape index (κ3) is 3.86. The van der Waals surface area contributed by atoms with Crippen LogP contribution in [0.25, 0.3) is 11.0 Å². The Balaban J connectivity index is 1.45. The fourth-order valence-electron chi connectivity index (χ4n) is 3.03. The maximum absolute atomic E-state index is 12.4. The largest absolute Gasteiger partial charge is 0.506 e. The first kappa shape index (κ1) is 18.1. The Labute approximate surface area is 164 Å². The average molecular weight is 396 g/mol. The maximum atomic E-state index is 12.4. The number of nitrogens with one attached hydrogen (secondary N) is 2. The van der Waals surface area contributed by atoms with E-state index in [0.717, 1.165) is 22.7 Å². The van der Waals surface area contributed by atoms with E-state index in [1.807, 2.05) is 24.3 Å². The number of furan rings is 1. The van der Waals surface area contributed by atoms with Gasteiger partial charge in [-0.3, -0.25) is 19.7 Å². The molecule has 28 heavy (non-hydrogen) atoms. The maximum Gasteiger partial charge on any atom is 0.286 e. The molecule has 1 saturated heterocycles. The van der Waals surface area contributed by atoms with Crippen LogP contribution in [0.15, 0.2) is 52.9 Å². The minimum Gasteiger partial charge on any atom is -0.506 e. The van der Waals surface area contributed by atoms with Gasteiger partial charge in [0, 0.05) is 5.39 Å². The van der Waals surface area contributed by atoms with Crippen molar-refractivity contribution >= 4 is 45.5 Å². The minimum atomic E-state index is -0.517. The van der Waals surface area contributed by atoms with E-state index in [0.29, 0.717) is 17.8 Å². The van der Waals surface area contributed by atoms with Crippen LogP contribution < -0.4 is 10.6 Å². The highest BCUT2D eigenvalue weighted by Crippen LogP contribution is 2.28. The molecular formula is C20H16N2O5S. The average Bonchev–Trinajstić information content (AvgIpc) is 3.19. The number of imide groups is 1. The molecule has 1 aliphatic heterocycles. The van der Waals surface area contributed by atoms with Crippen LogP contribution in [0.1, 0.15) is 11.3 Å². The SMILES string of the molecule is O=C(Cc1cc2ccccc2o1)Nc1cc(CC2SC(=O)NC2=O)ccc1O. The van der Waals surface area contributed by atoms with E-state index >= 15 is 0 Å². The van der Waals surface area contributed by atoms with Gasteiger partial charge in [0.25, 0.3) is 5.24 Å². The monoisotopic (exact) mass is 396 g/mol. The van der Waals surface area contributed by atoms with Gasteiger partial charge >= 0.3 is 0 Å². The molecule has 1 aromatic heterocycles. The lowest BCUT2D eigenvalue weighted by Crippen LogP contribution is -2.25. The second-order valence-electron chi connectivity index (χ2n) is 6.41. The van der Waals surface area contributed by atoms with Gasteiger partial charge in [0.1, 0.15) is 17.1 Å². The van der Waals surface area contributed by atoms with E-state index in [-0.39, 0.29) is 34.9 Å². The first-order valence-corrected chi connectivity index (χ1v) is 9.46. The van der Waals surface area contributed by atoms with E-state index in [2.05, 4.69) is 10.6 Å². The zero-order valence-corrected chi connectivity index (χ0v) is 15.4. The lowest BCUT2D eigenvalue weighted by atomic mass is 10.1. The Morgan fingerprint density at radius 3 is 2.75 bits per heavy atom. The lowest BCUT2D eigenvalue weighted by Gasteiger charge is -2.10. The molecule has 142 valence electrons. The van der Waals surface area contributed by atoms with Crippen LogP contribution in [0.2, 0.25) is 0 Å². The summed E-state index contributed by atoms with van der Waals surface area (Å²) in [6, 6.07) is 14.0. The number of benzene rings is 2. The molecule has 1 fully saturated rings. The van der Waals surface area contributed by atoms with E-state index < -0.39 is 5.25 Å². The summed E-state index contributed by atoms with van der Waals surface area (Å²) in [5.74, 6) is -0.235. The molecule has 0 bridgehead atoms. The number of hydrogen-bond donors (Lipinski definition) is 3. The summed E-state index contributed by atoms with van der Waals surface area (Å²) >= 11 is 0.934. The number of anilines is 1. The van der Waals surface area contributed by atoms with E-state index in [1.54, 1.807) is 18.2 Å². The van der Waals surface area contributed by atoms with Crippen molar-refractivity contribution < 1.29 is 23.9 Å². The standard InChI is InChI=1S/C20H16N2O5S/c23-15-6-5-11(8-17-19(25)22-20(26)28-17)7-14(15)21-18(24)10-13-9-12-3-1-2-4-16(12)27-13/h1-7,9,17,23H,8,10H2,(H,21,24)(H,22,25,26). The van der Waals surface area contributed by atoms with Gasteiger partial charge in [-0.15, -0.1) is 0 Å². The molecule has 1 atom stereocenters. The van der Waals surface area contributed by atoms with E-state index in [1.165, 1.54) is 6.07 Å². The predicted molar refractivity (Wildman–Crippen MR) is 105 cm³/mol. The van der Waals surface area contributed by atoms with Crippen LogP contribution in [-0.4, -0.2) is 27.4 Å². The number of hydrogen-bond acceptors (Lipinski definition) is 6. The molecule has 2 aromatic carbocycles. The summed E-state index contributed by atoms with van der Waals surface area (Å²) < 4.78 is 5.64. The molecule has 3 N–H and O–H groups in total. The molecule has 0 spiro atoms. The van der Waals surface area contributed by atoms with Gasteiger partial charge in [0.15, 0.2) is 0 Å². The van der Waals surface area contributed by atoms with Crippen LogP contribution in [0.5, 0.6) is 5.75 Å². The molecule has 7 nitrogen and oxygen atoms in total. The summed E-state index contributed by atoms with van der Waals surface area (Å²) in [6.45, 7) is 0. The number of rotatable bonds is 5. The summed E-state index contributed by atoms with van der Waals surface area (Å²) in [5, 5.41) is 15.0. The van der Waals surface area contributed by atoms with Crippen LogP contribution in [0, 0.1) is 0 Å². The predicted octanol–water partition coefficient (Wildman–Crippen LogP) is 3.21. The van der Waals surface area contributed by atoms with Crippen LogP contribution in [0.3, 0.4) is 0 Å². The number of thioether (sulfide) groups is 1. The fraction of sp³-hybridized carbons (Fsp3) is 0.150. The Kier molecular flexibility index (Phi) is 4.79. The molecular weight excluding hydrogens is 380 g/mol. The second kappa shape index (κ2) is 7.40. The summed E-state index contributed by atoms with van der Waals surface area (Å²) in [6.07, 6.45) is 0.336. The van der Waals surface area contributed by atoms with Crippen LogP contribution in [0.4, 0.5) is 10.5 Å². The minimum absolute atomic E-state index is 0.0216. The van der Waals surface area contributed by atoms with Crippen LogP contribution >= 0.6 is 11.8 Å². The number of amides is 3. The second-order valence-corrected chi connectivity index (χ2v) is 7.59. The number of carbonyl (C=O) groups is 3. The third-order valence-electron chi connectivity index (χ3n) is 4.33. The summed E-state index contributed by atoms with van der Waals surface area (Å²) in [7, 11) is 0. The first-order valence-electron chi connectivity index (χ1n) is 8.58. The van der Waals surface area contributed by atoms with Crippen molar-refractivity contribution in [2.45, 2.75) is 18.1 Å².